The number of methoxy groups -OCH3 is 1. The third-order valence-electron chi connectivity index (χ3n) is 2.53. The van der Waals surface area contributed by atoms with Crippen LogP contribution in [0.2, 0.25) is 5.02 Å². The van der Waals surface area contributed by atoms with Gasteiger partial charge in [-0.3, -0.25) is 4.98 Å². The Morgan fingerprint density at radius 2 is 2.12 bits per heavy atom. The molecule has 1 atom stereocenters. The van der Waals surface area contributed by atoms with Crippen molar-refractivity contribution < 1.29 is 4.74 Å². The summed E-state index contributed by atoms with van der Waals surface area (Å²) in [6.45, 7) is 0. The lowest BCUT2D eigenvalue weighted by molar-refractivity contribution is 0.407. The smallest absolute Gasteiger partial charge is 0.124 e. The summed E-state index contributed by atoms with van der Waals surface area (Å²) in [7, 11) is 1.61. The van der Waals surface area contributed by atoms with Crippen LogP contribution in [0.4, 0.5) is 0 Å². The molecule has 1 aromatic heterocycles. The van der Waals surface area contributed by atoms with E-state index in [2.05, 4.69) is 4.98 Å². The molecule has 0 saturated heterocycles. The third-order valence-corrected chi connectivity index (χ3v) is 2.77. The van der Waals surface area contributed by atoms with Gasteiger partial charge in [-0.05, 0) is 30.3 Å². The van der Waals surface area contributed by atoms with Crippen LogP contribution in [0, 0.1) is 0 Å². The fraction of sp³-hybridized carbons (Fsp3) is 0.154. The summed E-state index contributed by atoms with van der Waals surface area (Å²) in [6, 6.07) is 10.7. The summed E-state index contributed by atoms with van der Waals surface area (Å²) < 4.78 is 5.28. The molecule has 0 bridgehead atoms. The van der Waals surface area contributed by atoms with Gasteiger partial charge in [0.05, 0.1) is 18.8 Å². The number of benzene rings is 1. The fourth-order valence-electron chi connectivity index (χ4n) is 1.67. The molecule has 3 nitrogen and oxygen atoms in total. The largest absolute Gasteiger partial charge is 0.496 e. The van der Waals surface area contributed by atoms with Gasteiger partial charge in [0.2, 0.25) is 0 Å². The molecule has 1 aromatic carbocycles. The molecule has 0 spiro atoms. The van der Waals surface area contributed by atoms with Gasteiger partial charge >= 0.3 is 0 Å². The molecule has 1 unspecified atom stereocenters. The Balaban J connectivity index is 2.43. The van der Waals surface area contributed by atoms with Gasteiger partial charge in [0.25, 0.3) is 0 Å². The average Bonchev–Trinajstić information content (AvgIpc) is 2.39. The van der Waals surface area contributed by atoms with Crippen LogP contribution >= 0.6 is 11.6 Å². The molecule has 2 rings (SSSR count). The number of hydrogen-bond acceptors (Lipinski definition) is 3. The fourth-order valence-corrected chi connectivity index (χ4v) is 1.85. The first-order chi connectivity index (χ1) is 8.22. The quantitative estimate of drug-likeness (QED) is 0.909. The average molecular weight is 249 g/mol. The molecular formula is C13H13ClN2O. The van der Waals surface area contributed by atoms with Crippen molar-refractivity contribution in [3.8, 4) is 5.75 Å². The number of aromatic nitrogens is 1. The monoisotopic (exact) mass is 248 g/mol. The van der Waals surface area contributed by atoms with E-state index in [9.17, 15) is 0 Å². The Kier molecular flexibility index (Phi) is 3.61. The number of nitrogens with zero attached hydrogens (tertiary/aromatic N) is 1. The third kappa shape index (κ3) is 2.57. The van der Waals surface area contributed by atoms with Crippen LogP contribution in [-0.2, 0) is 0 Å². The first-order valence-electron chi connectivity index (χ1n) is 5.22. The van der Waals surface area contributed by atoms with Crippen LogP contribution in [0.1, 0.15) is 17.3 Å². The second kappa shape index (κ2) is 5.17. The molecule has 4 heteroatoms. The number of rotatable bonds is 3. The summed E-state index contributed by atoms with van der Waals surface area (Å²) in [5.41, 5.74) is 7.78. The van der Waals surface area contributed by atoms with E-state index >= 15 is 0 Å². The molecule has 2 aromatic rings. The summed E-state index contributed by atoms with van der Waals surface area (Å²) in [5.74, 6) is 0.715. The van der Waals surface area contributed by atoms with Gasteiger partial charge in [0, 0.05) is 16.8 Å². The normalized spacial score (nSPS) is 12.2. The zero-order chi connectivity index (χ0) is 12.3. The predicted octanol–water partition coefficient (Wildman–Crippen LogP) is 2.79. The first kappa shape index (κ1) is 11.9. The molecule has 0 aliphatic rings. The lowest BCUT2D eigenvalue weighted by Crippen LogP contribution is -2.14. The van der Waals surface area contributed by atoms with E-state index < -0.39 is 0 Å². The number of halogens is 1. The van der Waals surface area contributed by atoms with Gasteiger partial charge in [-0.15, -0.1) is 0 Å². The van der Waals surface area contributed by atoms with Crippen molar-refractivity contribution in [3.05, 3.63) is 58.9 Å². The molecule has 0 aliphatic carbocycles. The van der Waals surface area contributed by atoms with Crippen molar-refractivity contribution in [2.24, 2.45) is 5.73 Å². The van der Waals surface area contributed by atoms with Crippen LogP contribution in [0.5, 0.6) is 5.75 Å². The number of hydrogen-bond donors (Lipinski definition) is 1. The minimum Gasteiger partial charge on any atom is -0.496 e. The van der Waals surface area contributed by atoms with E-state index in [1.54, 1.807) is 31.5 Å². The minimum absolute atomic E-state index is 0.343. The molecule has 88 valence electrons. The Bertz CT molecular complexity index is 502. The molecule has 1 heterocycles. The maximum atomic E-state index is 6.16. The van der Waals surface area contributed by atoms with E-state index in [0.29, 0.717) is 10.8 Å². The highest BCUT2D eigenvalue weighted by molar-refractivity contribution is 6.30. The predicted molar refractivity (Wildman–Crippen MR) is 68.3 cm³/mol. The van der Waals surface area contributed by atoms with Gasteiger partial charge in [0.15, 0.2) is 0 Å². The number of nitrogens with two attached hydrogens (primary N) is 1. The van der Waals surface area contributed by atoms with Crippen molar-refractivity contribution in [2.75, 3.05) is 7.11 Å². The van der Waals surface area contributed by atoms with Crippen molar-refractivity contribution in [1.29, 1.82) is 0 Å². The first-order valence-corrected chi connectivity index (χ1v) is 5.60. The van der Waals surface area contributed by atoms with Gasteiger partial charge in [-0.25, -0.2) is 0 Å². The topological polar surface area (TPSA) is 48.1 Å². The lowest BCUT2D eigenvalue weighted by atomic mass is 10.0. The number of pyridine rings is 1. The van der Waals surface area contributed by atoms with E-state index in [1.165, 1.54) is 0 Å². The Labute approximate surface area is 105 Å². The maximum absolute atomic E-state index is 6.16. The van der Waals surface area contributed by atoms with Crippen LogP contribution < -0.4 is 10.5 Å². The molecule has 0 saturated carbocycles. The zero-order valence-electron chi connectivity index (χ0n) is 9.43. The van der Waals surface area contributed by atoms with E-state index in [0.717, 1.165) is 11.3 Å². The molecule has 17 heavy (non-hydrogen) atoms. The zero-order valence-corrected chi connectivity index (χ0v) is 10.2. The molecular weight excluding hydrogens is 236 g/mol. The van der Waals surface area contributed by atoms with Gasteiger partial charge in [-0.2, -0.15) is 0 Å². The van der Waals surface area contributed by atoms with Crippen LogP contribution in [0.25, 0.3) is 0 Å². The summed E-state index contributed by atoms with van der Waals surface area (Å²) in [6.07, 6.45) is 1.71. The van der Waals surface area contributed by atoms with Crippen LogP contribution in [0.15, 0.2) is 42.6 Å². The van der Waals surface area contributed by atoms with Crippen molar-refractivity contribution in [2.45, 2.75) is 6.04 Å². The molecule has 2 N–H and O–H groups in total. The molecule has 0 fully saturated rings. The summed E-state index contributed by atoms with van der Waals surface area (Å²) >= 11 is 5.97. The van der Waals surface area contributed by atoms with Crippen LogP contribution in [0.3, 0.4) is 0 Å². The second-order valence-corrected chi connectivity index (χ2v) is 4.05. The summed E-state index contributed by atoms with van der Waals surface area (Å²) in [5, 5.41) is 0.632. The highest BCUT2D eigenvalue weighted by Gasteiger charge is 2.15. The van der Waals surface area contributed by atoms with Gasteiger partial charge < -0.3 is 10.5 Å². The lowest BCUT2D eigenvalue weighted by Gasteiger charge is -2.15. The summed E-state index contributed by atoms with van der Waals surface area (Å²) in [4.78, 5) is 4.24. The van der Waals surface area contributed by atoms with Gasteiger partial charge in [-0.1, -0.05) is 17.7 Å². The SMILES string of the molecule is COc1ccc(Cl)cc1C(N)c1ccccn1. The van der Waals surface area contributed by atoms with E-state index in [-0.39, 0.29) is 6.04 Å². The molecule has 0 amide bonds. The van der Waals surface area contributed by atoms with Gasteiger partial charge in [0.1, 0.15) is 5.75 Å². The standard InChI is InChI=1S/C13H13ClN2O/c1-17-12-6-5-9(14)8-10(12)13(15)11-4-2-3-7-16-11/h2-8,13H,15H2,1H3. The van der Waals surface area contributed by atoms with E-state index in [1.807, 2.05) is 18.2 Å². The Morgan fingerprint density at radius 1 is 1.29 bits per heavy atom. The van der Waals surface area contributed by atoms with Crippen molar-refractivity contribution in [1.82, 2.24) is 4.98 Å². The Hall–Kier alpha value is -1.58. The van der Waals surface area contributed by atoms with Crippen LogP contribution in [-0.4, -0.2) is 12.1 Å². The molecule has 0 aliphatic heterocycles. The molecule has 0 radical (unpaired) electrons. The maximum Gasteiger partial charge on any atom is 0.124 e. The highest BCUT2D eigenvalue weighted by Crippen LogP contribution is 2.29. The van der Waals surface area contributed by atoms with Crippen molar-refractivity contribution in [3.63, 3.8) is 0 Å². The van der Waals surface area contributed by atoms with E-state index in [4.69, 9.17) is 22.1 Å². The Morgan fingerprint density at radius 3 is 2.76 bits per heavy atom. The highest BCUT2D eigenvalue weighted by atomic mass is 35.5. The van der Waals surface area contributed by atoms with Crippen molar-refractivity contribution >= 4 is 11.6 Å². The minimum atomic E-state index is -0.343. The second-order valence-electron chi connectivity index (χ2n) is 3.62. The number of ether oxygens (including phenoxy) is 1.